The van der Waals surface area contributed by atoms with Gasteiger partial charge in [0.1, 0.15) is 5.75 Å². The number of benzene rings is 1. The van der Waals surface area contributed by atoms with Gasteiger partial charge in [-0.2, -0.15) is 0 Å². The minimum absolute atomic E-state index is 0.0657. The fourth-order valence-electron chi connectivity index (χ4n) is 3.76. The summed E-state index contributed by atoms with van der Waals surface area (Å²) in [5.41, 5.74) is 9.26. The maximum Gasteiger partial charge on any atom is 0.119 e. The Labute approximate surface area is 127 Å². The van der Waals surface area contributed by atoms with Crippen LogP contribution in [0.3, 0.4) is 0 Å². The predicted molar refractivity (Wildman–Crippen MR) is 83.6 cm³/mol. The summed E-state index contributed by atoms with van der Waals surface area (Å²) in [4.78, 5) is 2.58. The molecule has 0 aromatic heterocycles. The third-order valence-corrected chi connectivity index (χ3v) is 5.01. The first-order chi connectivity index (χ1) is 10.2. The first-order valence-electron chi connectivity index (χ1n) is 8.00. The van der Waals surface area contributed by atoms with Crippen LogP contribution in [0.1, 0.15) is 36.9 Å². The highest BCUT2D eigenvalue weighted by Gasteiger charge is 2.35. The Morgan fingerprint density at radius 3 is 3.05 bits per heavy atom. The topological polar surface area (TPSA) is 47.7 Å². The van der Waals surface area contributed by atoms with Gasteiger partial charge in [-0.3, -0.25) is 4.90 Å². The second-order valence-corrected chi connectivity index (χ2v) is 6.07. The average molecular weight is 290 g/mol. The Morgan fingerprint density at radius 1 is 1.43 bits per heavy atom. The van der Waals surface area contributed by atoms with Crippen LogP contribution in [0.4, 0.5) is 0 Å². The molecule has 1 aromatic carbocycles. The fourth-order valence-corrected chi connectivity index (χ4v) is 3.76. The fraction of sp³-hybridized carbons (Fsp3) is 0.647. The van der Waals surface area contributed by atoms with Crippen LogP contribution in [0.25, 0.3) is 0 Å². The second kappa shape index (κ2) is 6.34. The van der Waals surface area contributed by atoms with E-state index in [1.807, 2.05) is 6.07 Å². The standard InChI is InChI=1S/C17H26N2O2/c1-3-13-11-21-9-8-19(13)16-7-5-12-4-6-14(20-2)10-15(12)17(16)18/h4,6,10,13,16-17H,3,5,7-9,11,18H2,1-2H3. The molecule has 2 aliphatic rings. The van der Waals surface area contributed by atoms with E-state index < -0.39 is 0 Å². The largest absolute Gasteiger partial charge is 0.497 e. The van der Waals surface area contributed by atoms with Crippen LogP contribution in [0, 0.1) is 0 Å². The Morgan fingerprint density at radius 2 is 2.29 bits per heavy atom. The molecule has 0 saturated carbocycles. The molecular formula is C17H26N2O2. The molecule has 0 spiro atoms. The number of methoxy groups -OCH3 is 1. The number of aryl methyl sites for hydroxylation is 1. The van der Waals surface area contributed by atoms with Crippen molar-refractivity contribution < 1.29 is 9.47 Å². The summed E-state index contributed by atoms with van der Waals surface area (Å²) in [5, 5.41) is 0. The van der Waals surface area contributed by atoms with Crippen molar-refractivity contribution in [3.8, 4) is 5.75 Å². The lowest BCUT2D eigenvalue weighted by atomic mass is 9.82. The van der Waals surface area contributed by atoms with Gasteiger partial charge in [0.15, 0.2) is 0 Å². The molecule has 1 aliphatic heterocycles. The van der Waals surface area contributed by atoms with Crippen LogP contribution >= 0.6 is 0 Å². The molecular weight excluding hydrogens is 264 g/mol. The minimum Gasteiger partial charge on any atom is -0.497 e. The lowest BCUT2D eigenvalue weighted by molar-refractivity contribution is -0.0383. The van der Waals surface area contributed by atoms with Gasteiger partial charge in [0.25, 0.3) is 0 Å². The van der Waals surface area contributed by atoms with E-state index in [1.54, 1.807) is 7.11 Å². The maximum atomic E-state index is 6.62. The molecule has 0 amide bonds. The molecule has 1 saturated heterocycles. The van der Waals surface area contributed by atoms with Crippen LogP contribution in [-0.2, 0) is 11.2 Å². The predicted octanol–water partition coefficient (Wildman–Crippen LogP) is 2.12. The van der Waals surface area contributed by atoms with Gasteiger partial charge >= 0.3 is 0 Å². The van der Waals surface area contributed by atoms with Gasteiger partial charge in [-0.25, -0.2) is 0 Å². The molecule has 3 rings (SSSR count). The summed E-state index contributed by atoms with van der Waals surface area (Å²) in [6, 6.07) is 7.31. The van der Waals surface area contributed by atoms with Crippen LogP contribution in [0.5, 0.6) is 5.75 Å². The highest BCUT2D eigenvalue weighted by atomic mass is 16.5. The Bertz CT molecular complexity index is 492. The second-order valence-electron chi connectivity index (χ2n) is 6.07. The smallest absolute Gasteiger partial charge is 0.119 e. The molecule has 0 radical (unpaired) electrons. The number of fused-ring (bicyclic) bond motifs is 1. The molecule has 2 N–H and O–H groups in total. The van der Waals surface area contributed by atoms with E-state index in [-0.39, 0.29) is 6.04 Å². The van der Waals surface area contributed by atoms with Crippen LogP contribution in [-0.4, -0.2) is 43.9 Å². The molecule has 21 heavy (non-hydrogen) atoms. The molecule has 4 heteroatoms. The van der Waals surface area contributed by atoms with Gasteiger partial charge in [0.2, 0.25) is 0 Å². The maximum absolute atomic E-state index is 6.62. The van der Waals surface area contributed by atoms with E-state index in [0.717, 1.165) is 44.8 Å². The number of morpholine rings is 1. The molecule has 1 fully saturated rings. The van der Waals surface area contributed by atoms with Crippen molar-refractivity contribution in [1.82, 2.24) is 4.90 Å². The quantitative estimate of drug-likeness (QED) is 0.926. The van der Waals surface area contributed by atoms with E-state index in [9.17, 15) is 0 Å². The number of nitrogens with two attached hydrogens (primary N) is 1. The van der Waals surface area contributed by atoms with Gasteiger partial charge in [0, 0.05) is 24.7 Å². The van der Waals surface area contributed by atoms with Crippen LogP contribution in [0.2, 0.25) is 0 Å². The van der Waals surface area contributed by atoms with E-state index >= 15 is 0 Å². The Hall–Kier alpha value is -1.10. The summed E-state index contributed by atoms with van der Waals surface area (Å²) >= 11 is 0. The molecule has 1 aliphatic carbocycles. The van der Waals surface area contributed by atoms with Gasteiger partial charge < -0.3 is 15.2 Å². The molecule has 4 nitrogen and oxygen atoms in total. The van der Waals surface area contributed by atoms with Crippen molar-refractivity contribution in [3.63, 3.8) is 0 Å². The highest BCUT2D eigenvalue weighted by Crippen LogP contribution is 2.35. The number of ether oxygens (including phenoxy) is 2. The zero-order valence-electron chi connectivity index (χ0n) is 13.0. The zero-order valence-corrected chi connectivity index (χ0v) is 13.0. The number of rotatable bonds is 3. The number of hydrogen-bond donors (Lipinski definition) is 1. The summed E-state index contributed by atoms with van der Waals surface area (Å²) in [6.45, 7) is 4.89. The number of nitrogens with zero attached hydrogens (tertiary/aromatic N) is 1. The third kappa shape index (κ3) is 2.80. The molecule has 3 unspecified atom stereocenters. The molecule has 1 aromatic rings. The van der Waals surface area contributed by atoms with Crippen molar-refractivity contribution in [3.05, 3.63) is 29.3 Å². The minimum atomic E-state index is 0.0657. The lowest BCUT2D eigenvalue weighted by Gasteiger charge is -2.45. The molecule has 3 atom stereocenters. The Balaban J connectivity index is 1.85. The summed E-state index contributed by atoms with van der Waals surface area (Å²) in [7, 11) is 1.71. The van der Waals surface area contributed by atoms with Crippen LogP contribution in [0.15, 0.2) is 18.2 Å². The van der Waals surface area contributed by atoms with E-state index in [0.29, 0.717) is 12.1 Å². The van der Waals surface area contributed by atoms with Gasteiger partial charge in [0.05, 0.1) is 20.3 Å². The van der Waals surface area contributed by atoms with E-state index in [1.165, 1.54) is 11.1 Å². The van der Waals surface area contributed by atoms with Crippen LogP contribution < -0.4 is 10.5 Å². The van der Waals surface area contributed by atoms with Gasteiger partial charge in [-0.05, 0) is 42.5 Å². The molecule has 116 valence electrons. The van der Waals surface area contributed by atoms with E-state index in [2.05, 4.69) is 24.0 Å². The van der Waals surface area contributed by atoms with Gasteiger partial charge in [-0.1, -0.05) is 13.0 Å². The van der Waals surface area contributed by atoms with Crippen molar-refractivity contribution in [2.75, 3.05) is 26.9 Å². The van der Waals surface area contributed by atoms with Crippen molar-refractivity contribution in [1.29, 1.82) is 0 Å². The molecule has 0 bridgehead atoms. The normalized spacial score (nSPS) is 30.0. The van der Waals surface area contributed by atoms with Crippen molar-refractivity contribution in [2.45, 2.75) is 44.3 Å². The highest BCUT2D eigenvalue weighted by molar-refractivity contribution is 5.40. The van der Waals surface area contributed by atoms with Crippen molar-refractivity contribution >= 4 is 0 Å². The summed E-state index contributed by atoms with van der Waals surface area (Å²) < 4.78 is 11.0. The monoisotopic (exact) mass is 290 g/mol. The third-order valence-electron chi connectivity index (χ3n) is 5.01. The van der Waals surface area contributed by atoms with E-state index in [4.69, 9.17) is 15.2 Å². The first kappa shape index (κ1) is 14.8. The first-order valence-corrected chi connectivity index (χ1v) is 8.00. The summed E-state index contributed by atoms with van der Waals surface area (Å²) in [5.74, 6) is 0.902. The SMILES string of the molecule is CCC1COCCN1C1CCc2ccc(OC)cc2C1N. The number of hydrogen-bond acceptors (Lipinski definition) is 4. The van der Waals surface area contributed by atoms with Crippen molar-refractivity contribution in [2.24, 2.45) is 5.73 Å². The zero-order chi connectivity index (χ0) is 14.8. The summed E-state index contributed by atoms with van der Waals surface area (Å²) in [6.07, 6.45) is 3.36. The average Bonchev–Trinajstić information content (AvgIpc) is 2.55. The van der Waals surface area contributed by atoms with Gasteiger partial charge in [-0.15, -0.1) is 0 Å². The molecule has 1 heterocycles. The Kier molecular flexibility index (Phi) is 4.48. The lowest BCUT2D eigenvalue weighted by Crippen LogP contribution is -2.55.